The van der Waals surface area contributed by atoms with Gasteiger partial charge in [-0.05, 0) is 31.9 Å². The Morgan fingerprint density at radius 2 is 1.93 bits per heavy atom. The zero-order valence-electron chi connectivity index (χ0n) is 15.8. The molecule has 2 saturated heterocycles. The van der Waals surface area contributed by atoms with Crippen LogP contribution in [0.2, 0.25) is 0 Å². The Balaban J connectivity index is 1.60. The molecular weight excluding hydrogens is 385 g/mol. The molecule has 3 amide bonds. The molecule has 0 aromatic heterocycles. The fourth-order valence-corrected chi connectivity index (χ4v) is 5.08. The van der Waals surface area contributed by atoms with Gasteiger partial charge in [-0.2, -0.15) is 0 Å². The van der Waals surface area contributed by atoms with Gasteiger partial charge in [-0.1, -0.05) is 12.1 Å². The van der Waals surface area contributed by atoms with Crippen LogP contribution in [0, 0.1) is 5.82 Å². The maximum atomic E-state index is 14.1. The van der Waals surface area contributed by atoms with E-state index in [9.17, 15) is 18.8 Å². The van der Waals surface area contributed by atoms with Crippen molar-refractivity contribution in [2.45, 2.75) is 24.6 Å². The summed E-state index contributed by atoms with van der Waals surface area (Å²) in [4.78, 5) is 39.5. The standard InChI is InChI=1S/C19H24FN3O4S/c1-2-27-16(24)13-21-18(26)22-9-7-19(8-10-22)23(11-12-28-19)17(25)14-5-3-4-6-15(14)20/h3-6H,2,7-13H2,1H3,(H,21,26). The number of urea groups is 1. The molecule has 1 aromatic rings. The van der Waals surface area contributed by atoms with Gasteiger partial charge in [-0.25, -0.2) is 9.18 Å². The molecule has 0 saturated carbocycles. The lowest BCUT2D eigenvalue weighted by Crippen LogP contribution is -2.55. The van der Waals surface area contributed by atoms with E-state index in [0.29, 0.717) is 32.5 Å². The van der Waals surface area contributed by atoms with Gasteiger partial charge in [0.2, 0.25) is 0 Å². The van der Waals surface area contributed by atoms with Crippen LogP contribution in [0.4, 0.5) is 9.18 Å². The predicted molar refractivity (Wildman–Crippen MR) is 103 cm³/mol. The van der Waals surface area contributed by atoms with Crippen LogP contribution in [-0.2, 0) is 9.53 Å². The van der Waals surface area contributed by atoms with Crippen molar-refractivity contribution in [1.29, 1.82) is 0 Å². The van der Waals surface area contributed by atoms with Crippen molar-refractivity contribution in [3.8, 4) is 0 Å². The minimum absolute atomic E-state index is 0.0824. The Morgan fingerprint density at radius 3 is 2.61 bits per heavy atom. The number of piperidine rings is 1. The van der Waals surface area contributed by atoms with Crippen LogP contribution < -0.4 is 5.32 Å². The highest BCUT2D eigenvalue weighted by Crippen LogP contribution is 2.44. The number of nitrogens with one attached hydrogen (secondary N) is 1. The van der Waals surface area contributed by atoms with E-state index in [2.05, 4.69) is 5.32 Å². The second-order valence-corrected chi connectivity index (χ2v) is 8.14. The van der Waals surface area contributed by atoms with Gasteiger partial charge in [0.25, 0.3) is 5.91 Å². The topological polar surface area (TPSA) is 79.0 Å². The molecule has 3 rings (SSSR count). The van der Waals surface area contributed by atoms with E-state index in [1.54, 1.807) is 40.6 Å². The molecule has 0 unspecified atom stereocenters. The average molecular weight is 409 g/mol. The van der Waals surface area contributed by atoms with Crippen LogP contribution in [0.5, 0.6) is 0 Å². The first-order valence-corrected chi connectivity index (χ1v) is 10.3. The first-order valence-electron chi connectivity index (χ1n) is 9.36. The third-order valence-corrected chi connectivity index (χ3v) is 6.60. The molecular formula is C19H24FN3O4S. The first kappa shape index (κ1) is 20.4. The molecule has 28 heavy (non-hydrogen) atoms. The van der Waals surface area contributed by atoms with Crippen molar-refractivity contribution < 1.29 is 23.5 Å². The smallest absolute Gasteiger partial charge is 0.325 e. The van der Waals surface area contributed by atoms with E-state index in [1.165, 1.54) is 12.1 Å². The molecule has 1 N–H and O–H groups in total. The zero-order valence-corrected chi connectivity index (χ0v) is 16.6. The Labute approximate surface area is 167 Å². The number of benzene rings is 1. The Hall–Kier alpha value is -2.29. The van der Waals surface area contributed by atoms with E-state index in [-0.39, 0.29) is 30.7 Å². The first-order chi connectivity index (χ1) is 13.5. The summed E-state index contributed by atoms with van der Waals surface area (Å²) in [6.07, 6.45) is 1.20. The number of esters is 1. The van der Waals surface area contributed by atoms with E-state index < -0.39 is 16.7 Å². The van der Waals surface area contributed by atoms with Crippen LogP contribution in [0.3, 0.4) is 0 Å². The highest BCUT2D eigenvalue weighted by Gasteiger charge is 2.47. The summed E-state index contributed by atoms with van der Waals surface area (Å²) >= 11 is 1.69. The molecule has 1 spiro atoms. The Morgan fingerprint density at radius 1 is 1.21 bits per heavy atom. The molecule has 152 valence electrons. The Bertz CT molecular complexity index is 752. The molecule has 2 aliphatic rings. The number of likely N-dealkylation sites (tertiary alicyclic amines) is 1. The van der Waals surface area contributed by atoms with Crippen molar-refractivity contribution in [3.05, 3.63) is 35.6 Å². The molecule has 0 radical (unpaired) electrons. The van der Waals surface area contributed by atoms with Crippen molar-refractivity contribution in [2.24, 2.45) is 0 Å². The molecule has 0 aliphatic carbocycles. The van der Waals surface area contributed by atoms with Gasteiger partial charge >= 0.3 is 12.0 Å². The van der Waals surface area contributed by atoms with E-state index >= 15 is 0 Å². The van der Waals surface area contributed by atoms with Crippen LogP contribution in [0.1, 0.15) is 30.1 Å². The van der Waals surface area contributed by atoms with Gasteiger partial charge in [-0.15, -0.1) is 11.8 Å². The molecule has 9 heteroatoms. The van der Waals surface area contributed by atoms with Crippen LogP contribution >= 0.6 is 11.8 Å². The maximum absolute atomic E-state index is 14.1. The molecule has 2 fully saturated rings. The number of carbonyl (C=O) groups excluding carboxylic acids is 3. The number of carbonyl (C=O) groups is 3. The SMILES string of the molecule is CCOC(=O)CNC(=O)N1CCC2(CC1)SCCN2C(=O)c1ccccc1F. The summed E-state index contributed by atoms with van der Waals surface area (Å²) in [7, 11) is 0. The van der Waals surface area contributed by atoms with Crippen LogP contribution in [0.25, 0.3) is 0 Å². The lowest BCUT2D eigenvalue weighted by Gasteiger charge is -2.44. The highest BCUT2D eigenvalue weighted by atomic mass is 32.2. The number of hydrogen-bond acceptors (Lipinski definition) is 5. The number of halogens is 1. The van der Waals surface area contributed by atoms with Crippen LogP contribution in [-0.4, -0.2) is 71.1 Å². The van der Waals surface area contributed by atoms with Gasteiger partial charge in [0, 0.05) is 25.4 Å². The molecule has 0 bridgehead atoms. The van der Waals surface area contributed by atoms with Gasteiger partial charge in [0.1, 0.15) is 12.4 Å². The monoisotopic (exact) mass is 409 g/mol. The van der Waals surface area contributed by atoms with E-state index in [0.717, 1.165) is 5.75 Å². The van der Waals surface area contributed by atoms with Crippen LogP contribution in [0.15, 0.2) is 24.3 Å². The van der Waals surface area contributed by atoms with Gasteiger partial charge in [-0.3, -0.25) is 9.59 Å². The average Bonchev–Trinajstić information content (AvgIpc) is 3.10. The number of hydrogen-bond donors (Lipinski definition) is 1. The van der Waals surface area contributed by atoms with Gasteiger partial charge in [0.05, 0.1) is 17.0 Å². The second kappa shape index (κ2) is 8.81. The molecule has 7 nitrogen and oxygen atoms in total. The van der Waals surface area contributed by atoms with Crippen molar-refractivity contribution in [3.63, 3.8) is 0 Å². The summed E-state index contributed by atoms with van der Waals surface area (Å²) in [5, 5.41) is 2.56. The normalized spacial score (nSPS) is 18.2. The summed E-state index contributed by atoms with van der Waals surface area (Å²) < 4.78 is 18.9. The highest BCUT2D eigenvalue weighted by molar-refractivity contribution is 8.00. The summed E-state index contributed by atoms with van der Waals surface area (Å²) in [6, 6.07) is 5.70. The summed E-state index contributed by atoms with van der Waals surface area (Å²) in [6.45, 7) is 3.29. The lowest BCUT2D eigenvalue weighted by molar-refractivity contribution is -0.141. The Kier molecular flexibility index (Phi) is 6.43. The number of ether oxygens (including phenoxy) is 1. The number of thioether (sulfide) groups is 1. The van der Waals surface area contributed by atoms with Gasteiger partial charge in [0.15, 0.2) is 0 Å². The molecule has 2 aliphatic heterocycles. The second-order valence-electron chi connectivity index (χ2n) is 6.68. The van der Waals surface area contributed by atoms with E-state index in [4.69, 9.17) is 4.74 Å². The predicted octanol–water partition coefficient (Wildman–Crippen LogP) is 2.08. The third kappa shape index (κ3) is 4.24. The number of rotatable bonds is 4. The minimum Gasteiger partial charge on any atom is -0.465 e. The number of amides is 3. The fraction of sp³-hybridized carbons (Fsp3) is 0.526. The molecule has 1 aromatic carbocycles. The summed E-state index contributed by atoms with van der Waals surface area (Å²) in [5.74, 6) is -0.508. The van der Waals surface area contributed by atoms with Gasteiger partial charge < -0.3 is 19.9 Å². The van der Waals surface area contributed by atoms with E-state index in [1.807, 2.05) is 0 Å². The molecule has 2 heterocycles. The summed E-state index contributed by atoms with van der Waals surface area (Å²) in [5.41, 5.74) is 0.0824. The minimum atomic E-state index is -0.518. The lowest BCUT2D eigenvalue weighted by atomic mass is 10.0. The largest absolute Gasteiger partial charge is 0.465 e. The quantitative estimate of drug-likeness (QED) is 0.771. The van der Waals surface area contributed by atoms with Crippen molar-refractivity contribution >= 4 is 29.7 Å². The fourth-order valence-electron chi connectivity index (χ4n) is 3.62. The molecule has 0 atom stereocenters. The maximum Gasteiger partial charge on any atom is 0.325 e. The number of nitrogens with zero attached hydrogens (tertiary/aromatic N) is 2. The third-order valence-electron chi connectivity index (χ3n) is 5.05. The zero-order chi connectivity index (χ0) is 20.1. The van der Waals surface area contributed by atoms with Crippen molar-refractivity contribution in [1.82, 2.24) is 15.1 Å². The van der Waals surface area contributed by atoms with Crippen molar-refractivity contribution in [2.75, 3.05) is 38.5 Å².